The van der Waals surface area contributed by atoms with Gasteiger partial charge >= 0.3 is 5.97 Å². The molecule has 0 atom stereocenters. The first-order valence-electron chi connectivity index (χ1n) is 6.52. The Morgan fingerprint density at radius 1 is 1.25 bits per heavy atom. The maximum absolute atomic E-state index is 11.9. The Bertz CT molecular complexity index is 486. The van der Waals surface area contributed by atoms with Crippen LogP contribution in [0.5, 0.6) is 0 Å². The van der Waals surface area contributed by atoms with Crippen molar-refractivity contribution < 1.29 is 14.7 Å². The average molecular weight is 297 g/mol. The zero-order valence-corrected chi connectivity index (χ0v) is 11.8. The van der Waals surface area contributed by atoms with Gasteiger partial charge in [-0.05, 0) is 43.0 Å². The van der Waals surface area contributed by atoms with Crippen molar-refractivity contribution in [2.24, 2.45) is 5.92 Å². The van der Waals surface area contributed by atoms with Crippen LogP contribution in [0.1, 0.15) is 12.8 Å². The molecule has 1 aliphatic carbocycles. The molecule has 0 unspecified atom stereocenters. The van der Waals surface area contributed by atoms with Gasteiger partial charge in [-0.2, -0.15) is 0 Å². The molecule has 1 aliphatic rings. The number of nitrogens with zero attached hydrogens (tertiary/aromatic N) is 1. The molecule has 20 heavy (non-hydrogen) atoms. The van der Waals surface area contributed by atoms with Gasteiger partial charge in [0.1, 0.15) is 0 Å². The quantitative estimate of drug-likeness (QED) is 0.808. The monoisotopic (exact) mass is 296 g/mol. The van der Waals surface area contributed by atoms with Crippen molar-refractivity contribution in [2.45, 2.75) is 12.8 Å². The molecule has 0 aromatic heterocycles. The van der Waals surface area contributed by atoms with Gasteiger partial charge in [0.15, 0.2) is 0 Å². The summed E-state index contributed by atoms with van der Waals surface area (Å²) in [5.41, 5.74) is 0.654. The topological polar surface area (TPSA) is 69.6 Å². The lowest BCUT2D eigenvalue weighted by atomic mass is 10.3. The van der Waals surface area contributed by atoms with Crippen LogP contribution in [0.2, 0.25) is 5.02 Å². The van der Waals surface area contributed by atoms with Gasteiger partial charge in [0.2, 0.25) is 5.91 Å². The number of hydrogen-bond donors (Lipinski definition) is 2. The zero-order valence-electron chi connectivity index (χ0n) is 11.0. The second-order valence-corrected chi connectivity index (χ2v) is 5.50. The second-order valence-electron chi connectivity index (χ2n) is 5.06. The summed E-state index contributed by atoms with van der Waals surface area (Å²) >= 11 is 5.77. The second kappa shape index (κ2) is 6.72. The number of amides is 1. The lowest BCUT2D eigenvalue weighted by Crippen LogP contribution is -2.38. The molecule has 1 saturated carbocycles. The molecule has 0 bridgehead atoms. The normalized spacial score (nSPS) is 14.3. The predicted molar refractivity (Wildman–Crippen MR) is 76.9 cm³/mol. The van der Waals surface area contributed by atoms with Crippen LogP contribution in [0, 0.1) is 5.92 Å². The number of carbonyl (C=O) groups is 2. The van der Waals surface area contributed by atoms with E-state index in [0.717, 1.165) is 12.8 Å². The van der Waals surface area contributed by atoms with E-state index in [9.17, 15) is 9.59 Å². The summed E-state index contributed by atoms with van der Waals surface area (Å²) in [6.45, 7) is 0.649. The fourth-order valence-electron chi connectivity index (χ4n) is 1.98. The van der Waals surface area contributed by atoms with Crippen LogP contribution in [0.4, 0.5) is 5.69 Å². The Morgan fingerprint density at radius 2 is 1.90 bits per heavy atom. The summed E-state index contributed by atoms with van der Waals surface area (Å²) in [4.78, 5) is 24.4. The van der Waals surface area contributed by atoms with Crippen LogP contribution in [0.3, 0.4) is 0 Å². The number of hydrogen-bond acceptors (Lipinski definition) is 3. The molecule has 1 aromatic rings. The minimum Gasteiger partial charge on any atom is -0.480 e. The molecule has 1 aromatic carbocycles. The number of aliphatic carboxylic acids is 1. The van der Waals surface area contributed by atoms with E-state index in [0.29, 0.717) is 23.2 Å². The van der Waals surface area contributed by atoms with E-state index in [4.69, 9.17) is 16.7 Å². The molecule has 1 fully saturated rings. The largest absolute Gasteiger partial charge is 0.480 e. The number of carbonyl (C=O) groups excluding carboxylic acids is 1. The van der Waals surface area contributed by atoms with E-state index >= 15 is 0 Å². The summed E-state index contributed by atoms with van der Waals surface area (Å²) < 4.78 is 0. The van der Waals surface area contributed by atoms with Crippen LogP contribution in [0.15, 0.2) is 24.3 Å². The molecule has 2 rings (SSSR count). The number of anilines is 1. The first-order valence-corrected chi connectivity index (χ1v) is 6.90. The van der Waals surface area contributed by atoms with Crippen LogP contribution in [-0.4, -0.2) is 41.5 Å². The van der Waals surface area contributed by atoms with Crippen molar-refractivity contribution in [2.75, 3.05) is 25.0 Å². The van der Waals surface area contributed by atoms with E-state index in [1.807, 2.05) is 0 Å². The highest BCUT2D eigenvalue weighted by Crippen LogP contribution is 2.29. The minimum absolute atomic E-state index is 0.0887. The standard InChI is InChI=1S/C14H17ClN2O3/c15-11-3-5-12(6-4-11)16-13(18)8-17(9-14(19)20)7-10-1-2-10/h3-6,10H,1-2,7-9H2,(H,16,18)(H,19,20). The predicted octanol–water partition coefficient (Wildman–Crippen LogP) is 2.08. The van der Waals surface area contributed by atoms with Gasteiger partial charge < -0.3 is 10.4 Å². The highest BCUT2D eigenvalue weighted by molar-refractivity contribution is 6.30. The lowest BCUT2D eigenvalue weighted by molar-refractivity contribution is -0.138. The molecular formula is C14H17ClN2O3. The minimum atomic E-state index is -0.912. The van der Waals surface area contributed by atoms with Crippen LogP contribution >= 0.6 is 11.6 Å². The molecule has 0 aliphatic heterocycles. The van der Waals surface area contributed by atoms with Crippen LogP contribution in [0.25, 0.3) is 0 Å². The molecule has 108 valence electrons. The molecule has 5 nitrogen and oxygen atoms in total. The van der Waals surface area contributed by atoms with Crippen molar-refractivity contribution in [3.8, 4) is 0 Å². The first kappa shape index (κ1) is 14.8. The molecule has 0 saturated heterocycles. The van der Waals surface area contributed by atoms with Crippen LogP contribution < -0.4 is 5.32 Å². The number of nitrogens with one attached hydrogen (secondary N) is 1. The summed E-state index contributed by atoms with van der Waals surface area (Å²) in [6.07, 6.45) is 2.24. The maximum atomic E-state index is 11.9. The average Bonchev–Trinajstić information content (AvgIpc) is 3.15. The molecule has 0 radical (unpaired) electrons. The Morgan fingerprint density at radius 3 is 2.45 bits per heavy atom. The van der Waals surface area contributed by atoms with Crippen molar-refractivity contribution in [3.05, 3.63) is 29.3 Å². The highest BCUT2D eigenvalue weighted by atomic mass is 35.5. The number of rotatable bonds is 7. The third-order valence-corrected chi connectivity index (χ3v) is 3.32. The van der Waals surface area contributed by atoms with Gasteiger partial charge in [-0.3, -0.25) is 14.5 Å². The number of carboxylic acid groups (broad SMARTS) is 1. The highest BCUT2D eigenvalue weighted by Gasteiger charge is 2.26. The maximum Gasteiger partial charge on any atom is 0.317 e. The number of benzene rings is 1. The molecule has 1 amide bonds. The molecular weight excluding hydrogens is 280 g/mol. The Balaban J connectivity index is 1.86. The Hall–Kier alpha value is -1.59. The third kappa shape index (κ3) is 5.19. The Kier molecular flexibility index (Phi) is 4.98. The van der Waals surface area contributed by atoms with Crippen molar-refractivity contribution in [3.63, 3.8) is 0 Å². The van der Waals surface area contributed by atoms with E-state index < -0.39 is 5.97 Å². The summed E-state index contributed by atoms with van der Waals surface area (Å²) in [5, 5.41) is 12.2. The van der Waals surface area contributed by atoms with Gasteiger partial charge in [-0.25, -0.2) is 0 Å². The van der Waals surface area contributed by atoms with E-state index in [1.54, 1.807) is 29.2 Å². The van der Waals surface area contributed by atoms with E-state index in [2.05, 4.69) is 5.32 Å². The van der Waals surface area contributed by atoms with Gasteiger partial charge in [0.05, 0.1) is 13.1 Å². The fourth-order valence-corrected chi connectivity index (χ4v) is 2.10. The smallest absolute Gasteiger partial charge is 0.317 e. The van der Waals surface area contributed by atoms with Gasteiger partial charge in [0, 0.05) is 17.3 Å². The number of carboxylic acids is 1. The van der Waals surface area contributed by atoms with Crippen molar-refractivity contribution in [1.29, 1.82) is 0 Å². The van der Waals surface area contributed by atoms with Crippen LogP contribution in [-0.2, 0) is 9.59 Å². The Labute approximate surface area is 122 Å². The molecule has 0 spiro atoms. The summed E-state index contributed by atoms with van der Waals surface area (Å²) in [7, 11) is 0. The van der Waals surface area contributed by atoms with Gasteiger partial charge in [-0.1, -0.05) is 11.6 Å². The first-order chi connectivity index (χ1) is 9.52. The molecule has 0 heterocycles. The number of halogens is 1. The van der Waals surface area contributed by atoms with Gasteiger partial charge in [-0.15, -0.1) is 0 Å². The van der Waals surface area contributed by atoms with E-state index in [-0.39, 0.29) is 19.0 Å². The fraction of sp³-hybridized carbons (Fsp3) is 0.429. The van der Waals surface area contributed by atoms with Crippen molar-refractivity contribution >= 4 is 29.2 Å². The summed E-state index contributed by atoms with van der Waals surface area (Å²) in [5.74, 6) is -0.586. The van der Waals surface area contributed by atoms with Crippen molar-refractivity contribution in [1.82, 2.24) is 4.90 Å². The van der Waals surface area contributed by atoms with E-state index in [1.165, 1.54) is 0 Å². The molecule has 6 heteroatoms. The zero-order chi connectivity index (χ0) is 14.5. The van der Waals surface area contributed by atoms with Gasteiger partial charge in [0.25, 0.3) is 0 Å². The molecule has 2 N–H and O–H groups in total. The summed E-state index contributed by atoms with van der Waals surface area (Å²) in [6, 6.07) is 6.80. The third-order valence-electron chi connectivity index (χ3n) is 3.07. The lowest BCUT2D eigenvalue weighted by Gasteiger charge is -2.19. The SMILES string of the molecule is O=C(O)CN(CC(=O)Nc1ccc(Cl)cc1)CC1CC1.